The normalized spacial score (nSPS) is 22.9. The molecule has 1 aliphatic rings. The maximum absolute atomic E-state index is 9.33. The van der Waals surface area contributed by atoms with E-state index >= 15 is 0 Å². The number of fused-ring (bicyclic) bond motifs is 1. The van der Waals surface area contributed by atoms with Crippen LogP contribution in [0, 0.1) is 0 Å². The van der Waals surface area contributed by atoms with Gasteiger partial charge in [0.1, 0.15) is 6.33 Å². The zero-order chi connectivity index (χ0) is 14.7. The first-order valence-corrected chi connectivity index (χ1v) is 7.95. The first-order chi connectivity index (χ1) is 9.72. The summed E-state index contributed by atoms with van der Waals surface area (Å²) in [7, 11) is 5.41. The Morgan fingerprint density at radius 2 is 2.10 bits per heavy atom. The van der Waals surface area contributed by atoms with Crippen molar-refractivity contribution in [1.82, 2.24) is 19.0 Å². The van der Waals surface area contributed by atoms with Crippen molar-refractivity contribution in [3.05, 3.63) is 24.3 Å². The second-order valence-corrected chi connectivity index (χ2v) is 5.78. The van der Waals surface area contributed by atoms with Crippen molar-refractivity contribution in [2.75, 3.05) is 6.61 Å². The molecule has 2 aromatic heterocycles. The second kappa shape index (κ2) is 6.91. The van der Waals surface area contributed by atoms with Gasteiger partial charge >= 0.3 is 0 Å². The summed E-state index contributed by atoms with van der Waals surface area (Å²) < 4.78 is 4.15. The molecule has 5 nitrogen and oxygen atoms in total. The molecule has 0 radical (unpaired) electrons. The number of aliphatic hydroxyl groups is 1. The maximum atomic E-state index is 9.33. The van der Waals surface area contributed by atoms with E-state index in [0.717, 1.165) is 23.9 Å². The van der Waals surface area contributed by atoms with E-state index in [4.69, 9.17) is 0 Å². The molecule has 1 aliphatic heterocycles. The van der Waals surface area contributed by atoms with Crippen molar-refractivity contribution >= 4 is 29.8 Å². The van der Waals surface area contributed by atoms with Crippen LogP contribution in [0.3, 0.4) is 0 Å². The Kier molecular flexibility index (Phi) is 5.45. The van der Waals surface area contributed by atoms with E-state index < -0.39 is 0 Å². The van der Waals surface area contributed by atoms with E-state index in [9.17, 15) is 5.11 Å². The zero-order valence-electron chi connectivity index (χ0n) is 11.9. The van der Waals surface area contributed by atoms with E-state index in [-0.39, 0.29) is 12.6 Å². The van der Waals surface area contributed by atoms with Crippen LogP contribution in [0.15, 0.2) is 18.7 Å². The van der Waals surface area contributed by atoms with Crippen molar-refractivity contribution < 1.29 is 5.11 Å². The Hall–Kier alpha value is -0.600. The lowest BCUT2D eigenvalue weighted by Gasteiger charge is -2.23. The molecule has 2 aromatic rings. The molecular weight excluding hydrogens is 290 g/mol. The SMILES string of the molecule is CC.OCC1CCC(c2cn(P)c3cncnc23)N1P. The molecule has 1 saturated heterocycles. The number of aliphatic hydroxyl groups excluding tert-OH is 1. The fourth-order valence-electron chi connectivity index (χ4n) is 2.66. The zero-order valence-corrected chi connectivity index (χ0v) is 14.2. The minimum atomic E-state index is 0.203. The van der Waals surface area contributed by atoms with Crippen molar-refractivity contribution in [1.29, 1.82) is 0 Å². The summed E-state index contributed by atoms with van der Waals surface area (Å²) in [5.41, 5.74) is 3.22. The van der Waals surface area contributed by atoms with Crippen LogP contribution >= 0.6 is 18.8 Å². The lowest BCUT2D eigenvalue weighted by Crippen LogP contribution is -2.25. The van der Waals surface area contributed by atoms with Gasteiger partial charge in [-0.3, -0.25) is 4.67 Å². The largest absolute Gasteiger partial charge is 0.395 e. The molecule has 0 aliphatic carbocycles. The maximum Gasteiger partial charge on any atom is 0.116 e. The van der Waals surface area contributed by atoms with Gasteiger partial charge in [0, 0.05) is 23.8 Å². The molecule has 0 saturated carbocycles. The summed E-state index contributed by atoms with van der Waals surface area (Å²) in [6.07, 6.45) is 7.56. The van der Waals surface area contributed by atoms with E-state index in [1.165, 1.54) is 5.56 Å². The number of hydrogen-bond acceptors (Lipinski definition) is 4. The molecule has 1 N–H and O–H groups in total. The van der Waals surface area contributed by atoms with Crippen LogP contribution in [0.5, 0.6) is 0 Å². The van der Waals surface area contributed by atoms with Crippen molar-refractivity contribution in [2.24, 2.45) is 0 Å². The molecule has 1 fully saturated rings. The predicted molar refractivity (Wildman–Crippen MR) is 88.4 cm³/mol. The van der Waals surface area contributed by atoms with Gasteiger partial charge in [0.05, 0.1) is 23.8 Å². The summed E-state index contributed by atoms with van der Waals surface area (Å²) in [6, 6.07) is 0.524. The number of aromatic nitrogens is 3. The highest BCUT2D eigenvalue weighted by Gasteiger charge is 2.33. The fourth-order valence-corrected chi connectivity index (χ4v) is 3.57. The Morgan fingerprint density at radius 3 is 2.75 bits per heavy atom. The van der Waals surface area contributed by atoms with Gasteiger partial charge in [-0.2, -0.15) is 0 Å². The van der Waals surface area contributed by atoms with Crippen molar-refractivity contribution in [3.63, 3.8) is 0 Å². The van der Waals surface area contributed by atoms with Crippen LogP contribution in [0.2, 0.25) is 0 Å². The lowest BCUT2D eigenvalue weighted by molar-refractivity contribution is 0.207. The van der Waals surface area contributed by atoms with Gasteiger partial charge in [-0.1, -0.05) is 23.2 Å². The summed E-state index contributed by atoms with van der Waals surface area (Å²) >= 11 is 0. The Balaban J connectivity index is 0.000000704. The standard InChI is InChI=1S/C11H16N4OP2.C2H6/c16-5-7-1-2-9(15(7)18)8-4-14(17)10-3-12-6-13-11(8)10;1-2/h3-4,6-7,9,16H,1-2,5,17-18H2;1-2H3. The molecular formula is C13H22N4OP2. The Labute approximate surface area is 124 Å². The first kappa shape index (κ1) is 15.8. The molecule has 0 spiro atoms. The van der Waals surface area contributed by atoms with Gasteiger partial charge in [-0.05, 0) is 22.2 Å². The smallest absolute Gasteiger partial charge is 0.116 e. The summed E-state index contributed by atoms with van der Waals surface area (Å²) in [4.78, 5) is 8.45. The summed E-state index contributed by atoms with van der Waals surface area (Å²) in [6.45, 7) is 4.20. The number of hydrogen-bond donors (Lipinski definition) is 1. The van der Waals surface area contributed by atoms with Crippen molar-refractivity contribution in [3.8, 4) is 0 Å². The van der Waals surface area contributed by atoms with Gasteiger partial charge < -0.3 is 9.44 Å². The van der Waals surface area contributed by atoms with Crippen LogP contribution in [-0.2, 0) is 0 Å². The second-order valence-electron chi connectivity index (χ2n) is 4.63. The monoisotopic (exact) mass is 312 g/mol. The molecule has 3 heterocycles. The van der Waals surface area contributed by atoms with Crippen LogP contribution in [-0.4, -0.2) is 36.7 Å². The topological polar surface area (TPSA) is 54.2 Å². The average molecular weight is 312 g/mol. The Bertz CT molecular complexity index is 574. The van der Waals surface area contributed by atoms with Crippen LogP contribution in [0.4, 0.5) is 0 Å². The van der Waals surface area contributed by atoms with Gasteiger partial charge in [0.15, 0.2) is 0 Å². The third-order valence-electron chi connectivity index (χ3n) is 3.65. The third-order valence-corrected chi connectivity index (χ3v) is 4.86. The Morgan fingerprint density at radius 1 is 1.35 bits per heavy atom. The third kappa shape index (κ3) is 2.73. The van der Waals surface area contributed by atoms with Gasteiger partial charge in [0.25, 0.3) is 0 Å². The molecule has 20 heavy (non-hydrogen) atoms. The van der Waals surface area contributed by atoms with Crippen LogP contribution < -0.4 is 0 Å². The average Bonchev–Trinajstić information content (AvgIpc) is 3.02. The highest BCUT2D eigenvalue weighted by Crippen LogP contribution is 2.41. The van der Waals surface area contributed by atoms with Crippen molar-refractivity contribution in [2.45, 2.75) is 38.8 Å². The van der Waals surface area contributed by atoms with Gasteiger partial charge in [0.2, 0.25) is 0 Å². The van der Waals surface area contributed by atoms with E-state index in [2.05, 4.69) is 39.6 Å². The summed E-state index contributed by atoms with van der Waals surface area (Å²) in [5, 5.41) is 9.33. The number of nitrogens with zero attached hydrogens (tertiary/aromatic N) is 4. The highest BCUT2D eigenvalue weighted by molar-refractivity contribution is 7.15. The molecule has 4 unspecified atom stereocenters. The summed E-state index contributed by atoms with van der Waals surface area (Å²) in [5.74, 6) is 0. The predicted octanol–water partition coefficient (Wildman–Crippen LogP) is 2.38. The number of rotatable bonds is 2. The van der Waals surface area contributed by atoms with E-state index in [1.807, 2.05) is 24.4 Å². The molecule has 0 amide bonds. The van der Waals surface area contributed by atoms with E-state index in [0.29, 0.717) is 6.04 Å². The van der Waals surface area contributed by atoms with Gasteiger partial charge in [-0.25, -0.2) is 9.97 Å². The minimum Gasteiger partial charge on any atom is -0.395 e. The molecule has 0 bridgehead atoms. The van der Waals surface area contributed by atoms with Crippen LogP contribution in [0.25, 0.3) is 11.0 Å². The quantitative estimate of drug-likeness (QED) is 0.865. The molecule has 0 aromatic carbocycles. The van der Waals surface area contributed by atoms with Gasteiger partial charge in [-0.15, -0.1) is 0 Å². The minimum absolute atomic E-state index is 0.203. The molecule has 110 valence electrons. The van der Waals surface area contributed by atoms with E-state index in [1.54, 1.807) is 6.33 Å². The molecule has 4 atom stereocenters. The fraction of sp³-hybridized carbons (Fsp3) is 0.538. The molecule has 7 heteroatoms. The molecule has 3 rings (SSSR count). The lowest BCUT2D eigenvalue weighted by atomic mass is 10.1. The first-order valence-electron chi connectivity index (χ1n) is 6.92. The highest BCUT2D eigenvalue weighted by atomic mass is 31.0. The van der Waals surface area contributed by atoms with Crippen LogP contribution in [0.1, 0.15) is 38.3 Å².